The van der Waals surface area contributed by atoms with Crippen LogP contribution < -0.4 is 9.47 Å². The van der Waals surface area contributed by atoms with Gasteiger partial charge in [0.2, 0.25) is 10.0 Å². The van der Waals surface area contributed by atoms with Gasteiger partial charge in [-0.3, -0.25) is 4.79 Å². The Morgan fingerprint density at radius 2 is 1.72 bits per heavy atom. The van der Waals surface area contributed by atoms with Gasteiger partial charge < -0.3 is 9.47 Å². The zero-order chi connectivity index (χ0) is 21.4. The maximum atomic E-state index is 12.5. The smallest absolute Gasteiger partial charge is 0.242 e. The van der Waals surface area contributed by atoms with Crippen LogP contribution in [0, 0.1) is 0 Å². The minimum atomic E-state index is -3.53. The van der Waals surface area contributed by atoms with Gasteiger partial charge in [0.1, 0.15) is 0 Å². The molecule has 0 aliphatic rings. The number of allylic oxidation sites excluding steroid dienone is 1. The summed E-state index contributed by atoms with van der Waals surface area (Å²) in [7, 11) is -0.598. The van der Waals surface area contributed by atoms with Crippen LogP contribution in [-0.2, 0) is 10.0 Å². The lowest BCUT2D eigenvalue weighted by Crippen LogP contribution is -2.22. The number of benzene rings is 2. The number of carbonyl (C=O) groups excluding carboxylic acids is 1. The summed E-state index contributed by atoms with van der Waals surface area (Å²) in [6, 6.07) is 11.4. The zero-order valence-electron chi connectivity index (χ0n) is 17.2. The van der Waals surface area contributed by atoms with Crippen LogP contribution in [0.3, 0.4) is 0 Å². The van der Waals surface area contributed by atoms with Crippen LogP contribution in [0.5, 0.6) is 11.5 Å². The quantitative estimate of drug-likeness (QED) is 0.431. The number of hydrogen-bond acceptors (Lipinski definition) is 5. The molecule has 0 amide bonds. The van der Waals surface area contributed by atoms with E-state index in [1.807, 2.05) is 32.0 Å². The largest absolute Gasteiger partial charge is 0.490 e. The molecule has 6 nitrogen and oxygen atoms in total. The van der Waals surface area contributed by atoms with Crippen molar-refractivity contribution in [3.63, 3.8) is 0 Å². The molecule has 0 fully saturated rings. The normalized spacial score (nSPS) is 11.8. The SMILES string of the molecule is CCCOc1c(/C=C/C(=O)c2ccc(S(=O)(=O)N(C)C)cc2)cccc1OCC. The molecule has 156 valence electrons. The van der Waals surface area contributed by atoms with Crippen molar-refractivity contribution in [3.05, 3.63) is 59.7 Å². The molecule has 0 atom stereocenters. The molecule has 0 aliphatic heterocycles. The first-order valence-corrected chi connectivity index (χ1v) is 10.9. The van der Waals surface area contributed by atoms with Crippen LogP contribution in [0.25, 0.3) is 6.08 Å². The van der Waals surface area contributed by atoms with Crippen LogP contribution in [0.15, 0.2) is 53.4 Å². The predicted octanol–water partition coefficient (Wildman–Crippen LogP) is 4.02. The van der Waals surface area contributed by atoms with E-state index in [1.54, 1.807) is 6.08 Å². The van der Waals surface area contributed by atoms with Gasteiger partial charge in [-0.1, -0.05) is 19.1 Å². The van der Waals surface area contributed by atoms with Crippen molar-refractivity contribution in [2.75, 3.05) is 27.3 Å². The Hall–Kier alpha value is -2.64. The summed E-state index contributed by atoms with van der Waals surface area (Å²) >= 11 is 0. The van der Waals surface area contributed by atoms with Crippen molar-refractivity contribution in [1.82, 2.24) is 4.31 Å². The molecule has 0 aliphatic carbocycles. The first kappa shape index (κ1) is 22.6. The molecule has 0 saturated carbocycles. The number of ketones is 1. The van der Waals surface area contributed by atoms with Crippen molar-refractivity contribution < 1.29 is 22.7 Å². The molecule has 0 radical (unpaired) electrons. The van der Waals surface area contributed by atoms with Crippen molar-refractivity contribution in [2.45, 2.75) is 25.2 Å². The summed E-state index contributed by atoms with van der Waals surface area (Å²) in [5.74, 6) is 1.00. The highest BCUT2D eigenvalue weighted by atomic mass is 32.2. The van der Waals surface area contributed by atoms with Gasteiger partial charge in [0.05, 0.1) is 18.1 Å². The summed E-state index contributed by atoms with van der Waals surface area (Å²) in [6.07, 6.45) is 3.98. The molecule has 29 heavy (non-hydrogen) atoms. The Morgan fingerprint density at radius 1 is 1.03 bits per heavy atom. The van der Waals surface area contributed by atoms with E-state index in [-0.39, 0.29) is 10.7 Å². The molecule has 0 unspecified atom stereocenters. The minimum absolute atomic E-state index is 0.141. The number of para-hydroxylation sites is 1. The molecule has 0 N–H and O–H groups in total. The molecule has 0 spiro atoms. The number of rotatable bonds is 10. The van der Waals surface area contributed by atoms with Gasteiger partial charge in [-0.25, -0.2) is 12.7 Å². The van der Waals surface area contributed by atoms with Gasteiger partial charge in [-0.2, -0.15) is 0 Å². The number of carbonyl (C=O) groups is 1. The van der Waals surface area contributed by atoms with Gasteiger partial charge in [0.15, 0.2) is 17.3 Å². The first-order valence-electron chi connectivity index (χ1n) is 9.44. The molecule has 2 rings (SSSR count). The van der Waals surface area contributed by atoms with Crippen molar-refractivity contribution in [2.24, 2.45) is 0 Å². The second-order valence-corrected chi connectivity index (χ2v) is 8.62. The number of hydrogen-bond donors (Lipinski definition) is 0. The molecule has 0 bridgehead atoms. The Morgan fingerprint density at radius 3 is 2.31 bits per heavy atom. The summed E-state index contributed by atoms with van der Waals surface area (Å²) in [5.41, 5.74) is 1.14. The average molecular weight is 418 g/mol. The third-order valence-electron chi connectivity index (χ3n) is 4.09. The monoisotopic (exact) mass is 417 g/mol. The second-order valence-electron chi connectivity index (χ2n) is 6.47. The first-order chi connectivity index (χ1) is 13.8. The average Bonchev–Trinajstić information content (AvgIpc) is 2.71. The van der Waals surface area contributed by atoms with E-state index in [9.17, 15) is 13.2 Å². The van der Waals surface area contributed by atoms with Crippen LogP contribution in [-0.4, -0.2) is 45.8 Å². The topological polar surface area (TPSA) is 72.9 Å². The van der Waals surface area contributed by atoms with Gasteiger partial charge in [0, 0.05) is 25.2 Å². The van der Waals surface area contributed by atoms with E-state index in [4.69, 9.17) is 9.47 Å². The lowest BCUT2D eigenvalue weighted by Gasteiger charge is -2.14. The van der Waals surface area contributed by atoms with Crippen LogP contribution in [0.2, 0.25) is 0 Å². The summed E-state index contributed by atoms with van der Waals surface area (Å²) in [6.45, 7) is 4.97. The van der Waals surface area contributed by atoms with Gasteiger partial charge in [-0.15, -0.1) is 0 Å². The van der Waals surface area contributed by atoms with E-state index in [0.717, 1.165) is 16.3 Å². The Labute approximate surface area is 172 Å². The Bertz CT molecular complexity index is 963. The molecular formula is C22H27NO5S. The predicted molar refractivity (Wildman–Crippen MR) is 114 cm³/mol. The lowest BCUT2D eigenvalue weighted by atomic mass is 10.1. The van der Waals surface area contributed by atoms with Crippen molar-refractivity contribution in [1.29, 1.82) is 0 Å². The summed E-state index contributed by atoms with van der Waals surface area (Å²) < 4.78 is 36.9. The molecule has 0 heterocycles. The number of sulfonamides is 1. The highest BCUT2D eigenvalue weighted by Crippen LogP contribution is 2.32. The maximum absolute atomic E-state index is 12.5. The Balaban J connectivity index is 2.25. The molecule has 2 aromatic rings. The molecule has 0 saturated heterocycles. The van der Waals surface area contributed by atoms with Crippen LogP contribution in [0.1, 0.15) is 36.2 Å². The molecule has 0 aromatic heterocycles. The van der Waals surface area contributed by atoms with Gasteiger partial charge in [-0.05, 0) is 55.8 Å². The highest BCUT2D eigenvalue weighted by molar-refractivity contribution is 7.89. The van der Waals surface area contributed by atoms with E-state index >= 15 is 0 Å². The zero-order valence-corrected chi connectivity index (χ0v) is 18.0. The van der Waals surface area contributed by atoms with E-state index < -0.39 is 10.0 Å². The fourth-order valence-electron chi connectivity index (χ4n) is 2.56. The van der Waals surface area contributed by atoms with Gasteiger partial charge >= 0.3 is 0 Å². The summed E-state index contributed by atoms with van der Waals surface area (Å²) in [5, 5.41) is 0. The third-order valence-corrected chi connectivity index (χ3v) is 5.92. The second kappa shape index (κ2) is 10.2. The van der Waals surface area contributed by atoms with Gasteiger partial charge in [0.25, 0.3) is 0 Å². The van der Waals surface area contributed by atoms with E-state index in [0.29, 0.717) is 30.3 Å². The van der Waals surface area contributed by atoms with Crippen LogP contribution in [0.4, 0.5) is 0 Å². The molecule has 7 heteroatoms. The molecule has 2 aromatic carbocycles. The number of ether oxygens (including phenoxy) is 2. The van der Waals surface area contributed by atoms with E-state index in [2.05, 4.69) is 0 Å². The summed E-state index contributed by atoms with van der Waals surface area (Å²) in [4.78, 5) is 12.7. The standard InChI is InChI=1S/C22H27NO5S/c1-5-16-28-22-18(8-7-9-21(22)27-6-2)12-15-20(24)17-10-13-19(14-11-17)29(25,26)23(3)4/h7-15H,5-6,16H2,1-4H3/b15-12+. The fourth-order valence-corrected chi connectivity index (χ4v) is 3.46. The van der Waals surface area contributed by atoms with Crippen molar-refractivity contribution >= 4 is 21.9 Å². The Kier molecular flexibility index (Phi) is 7.99. The third kappa shape index (κ3) is 5.68. The van der Waals surface area contributed by atoms with Crippen molar-refractivity contribution in [3.8, 4) is 11.5 Å². The molecular weight excluding hydrogens is 390 g/mol. The van der Waals surface area contributed by atoms with E-state index in [1.165, 1.54) is 44.4 Å². The van der Waals surface area contributed by atoms with Crippen LogP contribution >= 0.6 is 0 Å². The highest BCUT2D eigenvalue weighted by Gasteiger charge is 2.17. The lowest BCUT2D eigenvalue weighted by molar-refractivity contribution is 0.104. The number of nitrogens with zero attached hydrogens (tertiary/aromatic N) is 1. The maximum Gasteiger partial charge on any atom is 0.242 e. The minimum Gasteiger partial charge on any atom is -0.490 e. The fraction of sp³-hybridized carbons (Fsp3) is 0.318.